The van der Waals surface area contributed by atoms with Crippen LogP contribution in [0.2, 0.25) is 0 Å². The molecule has 0 fully saturated rings. The number of hydrogen-bond acceptors (Lipinski definition) is 2. The number of H-pyrrole nitrogens is 1. The van der Waals surface area contributed by atoms with Crippen LogP contribution in [-0.2, 0) is 0 Å². The summed E-state index contributed by atoms with van der Waals surface area (Å²) in [4.78, 5) is 15.0. The van der Waals surface area contributed by atoms with Gasteiger partial charge in [-0.15, -0.1) is 0 Å². The van der Waals surface area contributed by atoms with E-state index in [0.29, 0.717) is 12.1 Å². The van der Waals surface area contributed by atoms with Crippen LogP contribution < -0.4 is 0 Å². The fourth-order valence-electron chi connectivity index (χ4n) is 3.43. The Kier molecular flexibility index (Phi) is 5.91. The Labute approximate surface area is 176 Å². The van der Waals surface area contributed by atoms with Crippen LogP contribution in [0.15, 0.2) is 84.5 Å². The number of hydrogen-bond donors (Lipinski definition) is 1. The van der Waals surface area contributed by atoms with Gasteiger partial charge in [0.25, 0.3) is 5.91 Å². The summed E-state index contributed by atoms with van der Waals surface area (Å²) in [7, 11) is 1.85. The Balaban J connectivity index is 1.52. The van der Waals surface area contributed by atoms with Crippen LogP contribution in [0.5, 0.6) is 0 Å². The number of carbonyl (C=O) groups is 1. The molecule has 1 amide bonds. The van der Waals surface area contributed by atoms with Crippen LogP contribution in [0.1, 0.15) is 23.2 Å². The van der Waals surface area contributed by atoms with Gasteiger partial charge in [-0.25, -0.2) is 0 Å². The lowest BCUT2D eigenvalue weighted by Crippen LogP contribution is -2.28. The fourth-order valence-corrected chi connectivity index (χ4v) is 3.43. The third-order valence-corrected chi connectivity index (χ3v) is 5.14. The number of nitrogens with one attached hydrogen (secondary N) is 1. The van der Waals surface area contributed by atoms with Crippen molar-refractivity contribution in [3.63, 3.8) is 0 Å². The molecule has 1 aliphatic carbocycles. The number of amides is 1. The molecule has 0 saturated heterocycles. The van der Waals surface area contributed by atoms with Crippen LogP contribution in [0, 0.1) is 11.8 Å². The summed E-state index contributed by atoms with van der Waals surface area (Å²) in [5.74, 6) is 6.09. The first-order valence-electron chi connectivity index (χ1n) is 10.0. The molecule has 1 aromatic heterocycles. The van der Waals surface area contributed by atoms with E-state index in [1.165, 1.54) is 5.57 Å². The Hall–Kier alpha value is -3.84. The molecule has 4 heteroatoms. The first-order chi connectivity index (χ1) is 14.7. The van der Waals surface area contributed by atoms with Crippen molar-refractivity contribution in [3.05, 3.63) is 90.0 Å². The zero-order valence-corrected chi connectivity index (χ0v) is 16.9. The van der Waals surface area contributed by atoms with Crippen molar-refractivity contribution >= 4 is 5.91 Å². The van der Waals surface area contributed by atoms with E-state index in [1.807, 2.05) is 79.9 Å². The maximum atomic E-state index is 13.2. The number of benzene rings is 2. The summed E-state index contributed by atoms with van der Waals surface area (Å²) < 4.78 is 0. The van der Waals surface area contributed by atoms with Crippen molar-refractivity contribution in [2.24, 2.45) is 0 Å². The van der Waals surface area contributed by atoms with Gasteiger partial charge in [-0.1, -0.05) is 78.1 Å². The average Bonchev–Trinajstić information content (AvgIpc) is 3.14. The molecular weight excluding hydrogens is 370 g/mol. The van der Waals surface area contributed by atoms with E-state index in [4.69, 9.17) is 0 Å². The predicted molar refractivity (Wildman–Crippen MR) is 121 cm³/mol. The van der Waals surface area contributed by atoms with E-state index in [0.717, 1.165) is 35.4 Å². The number of carbonyl (C=O) groups excluding carboxylic acids is 1. The smallest absolute Gasteiger partial charge is 0.254 e. The first kappa shape index (κ1) is 19.5. The lowest BCUT2D eigenvalue weighted by atomic mass is 10.0. The van der Waals surface area contributed by atoms with Gasteiger partial charge < -0.3 is 4.90 Å². The minimum absolute atomic E-state index is 0.00249. The number of nitrogens with zero attached hydrogens (tertiary/aromatic N) is 2. The lowest BCUT2D eigenvalue weighted by molar-refractivity contribution is 0.0797. The van der Waals surface area contributed by atoms with E-state index in [1.54, 1.807) is 4.90 Å². The monoisotopic (exact) mass is 393 g/mol. The maximum Gasteiger partial charge on any atom is 0.254 e. The highest BCUT2D eigenvalue weighted by molar-refractivity contribution is 6.00. The SMILES string of the molecule is CN(CCC1=CC=CC#CC1)C(=O)c1ccccc1-c1cc(-c2ccccc2)n[nH]1. The van der Waals surface area contributed by atoms with E-state index in [2.05, 4.69) is 28.1 Å². The topological polar surface area (TPSA) is 49.0 Å². The molecule has 0 bridgehead atoms. The summed E-state index contributed by atoms with van der Waals surface area (Å²) in [6.45, 7) is 0.646. The van der Waals surface area contributed by atoms with E-state index in [-0.39, 0.29) is 5.91 Å². The third kappa shape index (κ3) is 4.42. The molecule has 0 aliphatic heterocycles. The van der Waals surface area contributed by atoms with Gasteiger partial charge in [-0.3, -0.25) is 9.89 Å². The quantitative estimate of drug-likeness (QED) is 0.593. The van der Waals surface area contributed by atoms with Crippen LogP contribution in [0.4, 0.5) is 0 Å². The fraction of sp³-hybridized carbons (Fsp3) is 0.154. The van der Waals surface area contributed by atoms with Gasteiger partial charge in [-0.2, -0.15) is 5.10 Å². The maximum absolute atomic E-state index is 13.2. The van der Waals surface area contributed by atoms with Gasteiger partial charge in [0, 0.05) is 36.7 Å². The number of allylic oxidation sites excluding steroid dienone is 3. The molecule has 30 heavy (non-hydrogen) atoms. The zero-order valence-electron chi connectivity index (χ0n) is 16.9. The molecule has 4 nitrogen and oxygen atoms in total. The van der Waals surface area contributed by atoms with Crippen LogP contribution in [0.25, 0.3) is 22.5 Å². The molecule has 0 atom stereocenters. The molecule has 4 rings (SSSR count). The molecule has 3 aromatic rings. The van der Waals surface area contributed by atoms with Gasteiger partial charge in [0.1, 0.15) is 0 Å². The van der Waals surface area contributed by atoms with Crippen molar-refractivity contribution < 1.29 is 4.79 Å². The minimum Gasteiger partial charge on any atom is -0.341 e. The van der Waals surface area contributed by atoms with Gasteiger partial charge in [-0.05, 0) is 24.6 Å². The second kappa shape index (κ2) is 9.11. The summed E-state index contributed by atoms with van der Waals surface area (Å²) in [6.07, 6.45) is 7.46. The second-order valence-electron chi connectivity index (χ2n) is 7.24. The molecule has 2 aromatic carbocycles. The van der Waals surface area contributed by atoms with Gasteiger partial charge in [0.05, 0.1) is 11.4 Å². The van der Waals surface area contributed by atoms with E-state index >= 15 is 0 Å². The highest BCUT2D eigenvalue weighted by Crippen LogP contribution is 2.27. The van der Waals surface area contributed by atoms with E-state index < -0.39 is 0 Å². The van der Waals surface area contributed by atoms with Crippen LogP contribution in [-0.4, -0.2) is 34.6 Å². The number of rotatable bonds is 6. The molecule has 0 saturated carbocycles. The highest BCUT2D eigenvalue weighted by Gasteiger charge is 2.18. The average molecular weight is 393 g/mol. The predicted octanol–water partition coefficient (Wildman–Crippen LogP) is 5.10. The van der Waals surface area contributed by atoms with Gasteiger partial charge in [0.2, 0.25) is 0 Å². The molecule has 148 valence electrons. The van der Waals surface area contributed by atoms with Gasteiger partial charge >= 0.3 is 0 Å². The molecule has 0 spiro atoms. The zero-order chi connectivity index (χ0) is 20.8. The molecular formula is C26H23N3O. The van der Waals surface area contributed by atoms with Crippen molar-refractivity contribution in [1.29, 1.82) is 0 Å². The largest absolute Gasteiger partial charge is 0.341 e. The minimum atomic E-state index is -0.00249. The molecule has 1 heterocycles. The van der Waals surface area contributed by atoms with Crippen molar-refractivity contribution in [3.8, 4) is 34.4 Å². The van der Waals surface area contributed by atoms with Crippen molar-refractivity contribution in [2.75, 3.05) is 13.6 Å². The summed E-state index contributed by atoms with van der Waals surface area (Å²) in [6, 6.07) is 19.6. The second-order valence-corrected chi connectivity index (χ2v) is 7.24. The molecule has 0 radical (unpaired) electrons. The Morgan fingerprint density at radius 1 is 1.13 bits per heavy atom. The van der Waals surface area contributed by atoms with Crippen molar-refractivity contribution in [1.82, 2.24) is 15.1 Å². The third-order valence-electron chi connectivity index (χ3n) is 5.14. The first-order valence-corrected chi connectivity index (χ1v) is 10.0. The normalized spacial score (nSPS) is 12.5. The number of aromatic amines is 1. The summed E-state index contributed by atoms with van der Waals surface area (Å²) in [5.41, 5.74) is 5.48. The number of aromatic nitrogens is 2. The Bertz CT molecular complexity index is 1160. The molecule has 1 N–H and O–H groups in total. The summed E-state index contributed by atoms with van der Waals surface area (Å²) in [5, 5.41) is 7.53. The standard InChI is InChI=1S/C26H23N3O/c1-29(18-17-20-11-5-2-3-6-12-20)26(30)23-16-10-9-15-22(23)25-19-24(27-28-25)21-13-7-4-8-14-21/h2,4-5,7-11,13-16,19H,12,17-18H2,1H3,(H,27,28). The lowest BCUT2D eigenvalue weighted by Gasteiger charge is -2.19. The van der Waals surface area contributed by atoms with Gasteiger partial charge in [0.15, 0.2) is 0 Å². The Morgan fingerprint density at radius 3 is 2.80 bits per heavy atom. The van der Waals surface area contributed by atoms with Crippen molar-refractivity contribution in [2.45, 2.75) is 12.8 Å². The van der Waals surface area contributed by atoms with E-state index in [9.17, 15) is 4.79 Å². The summed E-state index contributed by atoms with van der Waals surface area (Å²) >= 11 is 0. The van der Waals surface area contributed by atoms with Crippen LogP contribution >= 0.6 is 0 Å². The van der Waals surface area contributed by atoms with Crippen LogP contribution in [0.3, 0.4) is 0 Å². The molecule has 1 aliphatic rings. The molecule has 0 unspecified atom stereocenters. The highest BCUT2D eigenvalue weighted by atomic mass is 16.2. The Morgan fingerprint density at radius 2 is 1.93 bits per heavy atom.